The molecule has 3 heterocycles. The minimum atomic E-state index is -1.13. The smallest absolute Gasteiger partial charge is 0.305 e. The number of nitrogens with one attached hydrogen (secondary N) is 3. The third-order valence-corrected chi connectivity index (χ3v) is 6.36. The highest BCUT2D eigenvalue weighted by Gasteiger charge is 2.46. The topological polar surface area (TPSA) is 120 Å². The van der Waals surface area contributed by atoms with Crippen LogP contribution in [0, 0.1) is 11.3 Å². The number of pyridine rings is 1. The Balaban J connectivity index is 1.72. The Morgan fingerprint density at radius 2 is 2.03 bits per heavy atom. The monoisotopic (exact) mass is 416 g/mol. The van der Waals surface area contributed by atoms with E-state index in [1.807, 2.05) is 0 Å². The summed E-state index contributed by atoms with van der Waals surface area (Å²) in [6.45, 7) is 3.04. The highest BCUT2D eigenvalue weighted by atomic mass is 16.4. The lowest BCUT2D eigenvalue weighted by Crippen LogP contribution is -2.55. The number of hydrogen-bond donors (Lipinski definition) is 4. The molecule has 2 saturated heterocycles. The summed E-state index contributed by atoms with van der Waals surface area (Å²) in [5, 5.41) is 18.7. The first-order valence-corrected chi connectivity index (χ1v) is 10.9. The first kappa shape index (κ1) is 22.4. The second-order valence-corrected chi connectivity index (χ2v) is 8.43. The predicted molar refractivity (Wildman–Crippen MR) is 112 cm³/mol. The van der Waals surface area contributed by atoms with Gasteiger partial charge in [0.05, 0.1) is 12.5 Å². The summed E-state index contributed by atoms with van der Waals surface area (Å²) in [6.07, 6.45) is 7.43. The molecule has 30 heavy (non-hydrogen) atoms. The van der Waals surface area contributed by atoms with Crippen molar-refractivity contribution in [1.29, 1.82) is 0 Å². The number of carbonyl (C=O) groups is 3. The van der Waals surface area contributed by atoms with E-state index in [1.165, 1.54) is 0 Å². The van der Waals surface area contributed by atoms with Gasteiger partial charge in [0.1, 0.15) is 11.2 Å². The van der Waals surface area contributed by atoms with Gasteiger partial charge in [-0.05, 0) is 69.3 Å². The van der Waals surface area contributed by atoms with Crippen LogP contribution in [0.15, 0.2) is 24.5 Å². The second kappa shape index (κ2) is 10.6. The molecule has 0 bridgehead atoms. The summed E-state index contributed by atoms with van der Waals surface area (Å²) < 4.78 is 0. The van der Waals surface area contributed by atoms with Crippen LogP contribution in [0.3, 0.4) is 0 Å². The van der Waals surface area contributed by atoms with E-state index in [-0.39, 0.29) is 18.1 Å². The summed E-state index contributed by atoms with van der Waals surface area (Å²) in [4.78, 5) is 42.1. The number of piperidine rings is 2. The third kappa shape index (κ3) is 5.64. The van der Waals surface area contributed by atoms with Crippen LogP contribution in [-0.4, -0.2) is 53.9 Å². The van der Waals surface area contributed by atoms with Gasteiger partial charge < -0.3 is 21.1 Å². The fourth-order valence-electron chi connectivity index (χ4n) is 4.51. The lowest BCUT2D eigenvalue weighted by molar-refractivity contribution is -0.144. The van der Waals surface area contributed by atoms with Crippen molar-refractivity contribution in [3.05, 3.63) is 30.1 Å². The van der Waals surface area contributed by atoms with Crippen LogP contribution in [0.5, 0.6) is 0 Å². The molecule has 164 valence electrons. The standard InChI is InChI=1S/C22H32N4O4/c27-19(5-4-16-6-11-23-12-7-16)22(8-2-10-25-15-22)21(30)26-18(13-20(28)29)17-3-1-9-24-14-17/h1,3,9,14,16,18,23,25H,2,4-8,10-13,15H2,(H,26,30)(H,28,29)/t18?,22-/m1/s1. The molecule has 8 nitrogen and oxygen atoms in total. The number of aliphatic carboxylic acids is 1. The lowest BCUT2D eigenvalue weighted by atomic mass is 9.73. The summed E-state index contributed by atoms with van der Waals surface area (Å²) >= 11 is 0. The number of carbonyl (C=O) groups excluding carboxylic acids is 2. The number of carboxylic acids is 1. The van der Waals surface area contributed by atoms with Crippen LogP contribution in [0.25, 0.3) is 0 Å². The van der Waals surface area contributed by atoms with Crippen LogP contribution >= 0.6 is 0 Å². The Labute approximate surface area is 177 Å². The van der Waals surface area contributed by atoms with E-state index in [2.05, 4.69) is 20.9 Å². The molecule has 2 aliphatic rings. The van der Waals surface area contributed by atoms with E-state index in [0.29, 0.717) is 30.9 Å². The number of ketones is 1. The minimum Gasteiger partial charge on any atom is -0.481 e. The van der Waals surface area contributed by atoms with Gasteiger partial charge in [-0.25, -0.2) is 0 Å². The third-order valence-electron chi connectivity index (χ3n) is 6.36. The molecule has 1 amide bonds. The number of Topliss-reactive ketones (excluding diaryl/α,β-unsaturated/α-hetero) is 1. The second-order valence-electron chi connectivity index (χ2n) is 8.43. The Bertz CT molecular complexity index is 728. The Kier molecular flexibility index (Phi) is 7.93. The fraction of sp³-hybridized carbons (Fsp3) is 0.636. The number of nitrogens with zero attached hydrogens (tertiary/aromatic N) is 1. The van der Waals surface area contributed by atoms with Crippen LogP contribution in [-0.2, 0) is 14.4 Å². The van der Waals surface area contributed by atoms with Gasteiger partial charge in [-0.15, -0.1) is 0 Å². The Hall–Kier alpha value is -2.32. The molecule has 2 atom stereocenters. The molecule has 1 aromatic heterocycles. The summed E-state index contributed by atoms with van der Waals surface area (Å²) in [6, 6.07) is 2.73. The maximum Gasteiger partial charge on any atom is 0.305 e. The lowest BCUT2D eigenvalue weighted by Gasteiger charge is -2.36. The Morgan fingerprint density at radius 3 is 2.67 bits per heavy atom. The molecule has 1 unspecified atom stereocenters. The summed E-state index contributed by atoms with van der Waals surface area (Å²) in [5.41, 5.74) is -0.515. The molecule has 0 spiro atoms. The molecular formula is C22H32N4O4. The van der Waals surface area contributed by atoms with E-state index >= 15 is 0 Å². The van der Waals surface area contributed by atoms with Crippen molar-refractivity contribution >= 4 is 17.7 Å². The van der Waals surface area contributed by atoms with Crippen molar-refractivity contribution in [3.8, 4) is 0 Å². The normalized spacial score (nSPS) is 23.5. The zero-order valence-corrected chi connectivity index (χ0v) is 17.4. The van der Waals surface area contributed by atoms with Gasteiger partial charge in [-0.2, -0.15) is 0 Å². The number of carboxylic acid groups (broad SMARTS) is 1. The van der Waals surface area contributed by atoms with Crippen LogP contribution < -0.4 is 16.0 Å². The van der Waals surface area contributed by atoms with Gasteiger partial charge in [0.2, 0.25) is 5.91 Å². The molecule has 0 aromatic carbocycles. The first-order valence-electron chi connectivity index (χ1n) is 10.9. The molecular weight excluding hydrogens is 384 g/mol. The molecule has 0 saturated carbocycles. The van der Waals surface area contributed by atoms with Gasteiger partial charge in [0.25, 0.3) is 0 Å². The van der Waals surface area contributed by atoms with E-state index in [1.54, 1.807) is 24.5 Å². The molecule has 4 N–H and O–H groups in total. The SMILES string of the molecule is O=C(O)CC(NC(=O)[C@]1(C(=O)CCC2CCNCC2)CCCNC1)c1cccnc1. The number of amides is 1. The number of rotatable bonds is 9. The van der Waals surface area contributed by atoms with Crippen molar-refractivity contribution in [1.82, 2.24) is 20.9 Å². The zero-order valence-electron chi connectivity index (χ0n) is 17.4. The molecule has 2 fully saturated rings. The molecule has 0 radical (unpaired) electrons. The van der Waals surface area contributed by atoms with E-state index in [9.17, 15) is 19.5 Å². The summed E-state index contributed by atoms with van der Waals surface area (Å²) in [7, 11) is 0. The van der Waals surface area contributed by atoms with Crippen LogP contribution in [0.4, 0.5) is 0 Å². The molecule has 0 aliphatic carbocycles. The largest absolute Gasteiger partial charge is 0.481 e. The van der Waals surface area contributed by atoms with Crippen molar-refractivity contribution in [2.24, 2.45) is 11.3 Å². The molecule has 3 rings (SSSR count). The van der Waals surface area contributed by atoms with Crippen LogP contribution in [0.1, 0.15) is 56.6 Å². The van der Waals surface area contributed by atoms with Crippen molar-refractivity contribution in [3.63, 3.8) is 0 Å². The van der Waals surface area contributed by atoms with E-state index < -0.39 is 17.4 Å². The fourth-order valence-corrected chi connectivity index (χ4v) is 4.51. The minimum absolute atomic E-state index is 0.0361. The average molecular weight is 417 g/mol. The van der Waals surface area contributed by atoms with Gasteiger partial charge in [-0.3, -0.25) is 19.4 Å². The average Bonchev–Trinajstić information content (AvgIpc) is 2.78. The van der Waals surface area contributed by atoms with Gasteiger partial charge >= 0.3 is 5.97 Å². The van der Waals surface area contributed by atoms with Gasteiger partial charge in [0, 0.05) is 25.4 Å². The summed E-state index contributed by atoms with van der Waals surface area (Å²) in [5.74, 6) is -0.912. The van der Waals surface area contributed by atoms with Crippen molar-refractivity contribution < 1.29 is 19.5 Å². The van der Waals surface area contributed by atoms with Crippen molar-refractivity contribution in [2.75, 3.05) is 26.2 Å². The van der Waals surface area contributed by atoms with Gasteiger partial charge in [0.15, 0.2) is 0 Å². The predicted octanol–water partition coefficient (Wildman–Crippen LogP) is 1.43. The number of hydrogen-bond acceptors (Lipinski definition) is 6. The quantitative estimate of drug-likeness (QED) is 0.450. The molecule has 1 aromatic rings. The molecule has 2 aliphatic heterocycles. The van der Waals surface area contributed by atoms with Gasteiger partial charge in [-0.1, -0.05) is 6.07 Å². The highest BCUT2D eigenvalue weighted by molar-refractivity contribution is 6.06. The first-order chi connectivity index (χ1) is 14.5. The number of aromatic nitrogens is 1. The van der Waals surface area contributed by atoms with Crippen LogP contribution in [0.2, 0.25) is 0 Å². The van der Waals surface area contributed by atoms with E-state index in [0.717, 1.165) is 45.3 Å². The van der Waals surface area contributed by atoms with E-state index in [4.69, 9.17) is 0 Å². The molecule has 8 heteroatoms. The van der Waals surface area contributed by atoms with Crippen molar-refractivity contribution in [2.45, 2.75) is 51.0 Å². The highest BCUT2D eigenvalue weighted by Crippen LogP contribution is 2.32. The Morgan fingerprint density at radius 1 is 1.23 bits per heavy atom. The maximum absolute atomic E-state index is 13.4. The zero-order chi connectivity index (χ0) is 21.4. The maximum atomic E-state index is 13.4.